The minimum Gasteiger partial charge on any atom is -0.208 e. The van der Waals surface area contributed by atoms with Crippen LogP contribution < -0.4 is 0 Å². The van der Waals surface area contributed by atoms with E-state index in [1.54, 1.807) is 0 Å². The molecule has 0 radical (unpaired) electrons. The highest BCUT2D eigenvalue weighted by molar-refractivity contribution is 5.86. The van der Waals surface area contributed by atoms with Crippen LogP contribution in [0, 0.1) is 29.1 Å². The number of rotatable bonds is 6. The molecule has 2 aliphatic rings. The maximum atomic E-state index is 9.54. The van der Waals surface area contributed by atoms with Gasteiger partial charge in [0.1, 0.15) is 0 Å². The fraction of sp³-hybridized carbons (Fsp3) is 0.244. The summed E-state index contributed by atoms with van der Waals surface area (Å²) in [5.41, 5.74) is 9.39. The van der Waals surface area contributed by atoms with E-state index in [0.29, 0.717) is 23.0 Å². The molecule has 0 N–H and O–H groups in total. The second kappa shape index (κ2) is 12.9. The Labute approximate surface area is 289 Å². The normalized spacial score (nSPS) is 21.5. The van der Waals surface area contributed by atoms with Crippen LogP contribution in [-0.2, 0) is 5.41 Å². The molecule has 8 rings (SSSR count). The van der Waals surface area contributed by atoms with E-state index < -0.39 is 0 Å². The maximum absolute atomic E-state index is 9.54. The third-order valence-electron chi connectivity index (χ3n) is 10.7. The van der Waals surface area contributed by atoms with Gasteiger partial charge < -0.3 is 0 Å². The Bertz CT molecular complexity index is 2130. The van der Waals surface area contributed by atoms with Crippen LogP contribution in [0.25, 0.3) is 56.4 Å². The van der Waals surface area contributed by atoms with Gasteiger partial charge >= 0.3 is 0 Å². The molecule has 4 nitrogen and oxygen atoms in total. The monoisotopic (exact) mass is 636 g/mol. The molecule has 6 aromatic rings. The van der Waals surface area contributed by atoms with Crippen LogP contribution in [0.4, 0.5) is 0 Å². The summed E-state index contributed by atoms with van der Waals surface area (Å²) in [6.45, 7) is 4.89. The lowest BCUT2D eigenvalue weighted by Gasteiger charge is -2.50. The quantitative estimate of drug-likeness (QED) is 0.182. The molecule has 1 aromatic heterocycles. The minimum atomic E-state index is 0.275. The van der Waals surface area contributed by atoms with Gasteiger partial charge in [-0.3, -0.25) is 0 Å². The lowest BCUT2D eigenvalue weighted by molar-refractivity contribution is 0.0780. The van der Waals surface area contributed by atoms with Crippen molar-refractivity contribution in [2.24, 2.45) is 17.8 Å². The Balaban J connectivity index is 1.25. The Morgan fingerprint density at radius 2 is 1.08 bits per heavy atom. The van der Waals surface area contributed by atoms with E-state index in [1.807, 2.05) is 48.5 Å². The first kappa shape index (κ1) is 30.9. The third-order valence-corrected chi connectivity index (χ3v) is 10.7. The fourth-order valence-corrected chi connectivity index (χ4v) is 8.92. The molecule has 1 unspecified atom stereocenters. The number of hydrogen-bond donors (Lipinski definition) is 0. The summed E-state index contributed by atoms with van der Waals surface area (Å²) in [5.74, 6) is 4.33. The number of benzene rings is 5. The second-order valence-electron chi connectivity index (χ2n) is 14.5. The van der Waals surface area contributed by atoms with Crippen molar-refractivity contribution in [1.29, 1.82) is 5.26 Å². The van der Waals surface area contributed by atoms with Gasteiger partial charge in [0.25, 0.3) is 0 Å². The third kappa shape index (κ3) is 6.18. The summed E-state index contributed by atoms with van der Waals surface area (Å²) in [6.07, 6.45) is 6.62. The first-order chi connectivity index (χ1) is 24.0. The van der Waals surface area contributed by atoms with Crippen molar-refractivity contribution in [3.8, 4) is 62.5 Å². The summed E-state index contributed by atoms with van der Waals surface area (Å²) >= 11 is 0. The second-order valence-corrected chi connectivity index (χ2v) is 14.5. The Morgan fingerprint density at radius 3 is 1.73 bits per heavy atom. The van der Waals surface area contributed by atoms with Crippen molar-refractivity contribution in [3.63, 3.8) is 0 Å². The van der Waals surface area contributed by atoms with Gasteiger partial charge in [0.15, 0.2) is 17.5 Å². The van der Waals surface area contributed by atoms with Crippen LogP contribution in [0.15, 0.2) is 127 Å². The molecule has 49 heavy (non-hydrogen) atoms. The summed E-state index contributed by atoms with van der Waals surface area (Å²) in [5, 5.41) is 9.54. The lowest BCUT2D eigenvalue weighted by Crippen LogP contribution is -2.42. The van der Waals surface area contributed by atoms with E-state index >= 15 is 0 Å². The van der Waals surface area contributed by atoms with E-state index in [9.17, 15) is 5.26 Å². The molecule has 0 amide bonds. The summed E-state index contributed by atoms with van der Waals surface area (Å²) in [4.78, 5) is 15.3. The van der Waals surface area contributed by atoms with E-state index in [4.69, 9.17) is 15.0 Å². The number of aromatic nitrogens is 3. The van der Waals surface area contributed by atoms with E-state index in [0.717, 1.165) is 56.7 Å². The fourth-order valence-electron chi connectivity index (χ4n) is 8.92. The molecular weight excluding hydrogens is 597 g/mol. The van der Waals surface area contributed by atoms with Gasteiger partial charge in [-0.25, -0.2) is 15.0 Å². The molecular formula is C45H40N4. The molecule has 2 aliphatic carbocycles. The van der Waals surface area contributed by atoms with Crippen molar-refractivity contribution in [3.05, 3.63) is 139 Å². The average Bonchev–Trinajstić information content (AvgIpc) is 3.14. The number of nitrogens with zero attached hydrogens (tertiary/aromatic N) is 4. The zero-order chi connectivity index (χ0) is 33.4. The molecule has 2 saturated carbocycles. The Morgan fingerprint density at radius 1 is 0.531 bits per heavy atom. The Kier molecular flexibility index (Phi) is 8.14. The van der Waals surface area contributed by atoms with Crippen LogP contribution in [-0.4, -0.2) is 15.0 Å². The van der Waals surface area contributed by atoms with Crippen LogP contribution in [0.1, 0.15) is 57.1 Å². The molecule has 4 atom stereocenters. The van der Waals surface area contributed by atoms with E-state index in [-0.39, 0.29) is 5.41 Å². The average molecular weight is 637 g/mol. The van der Waals surface area contributed by atoms with Crippen molar-refractivity contribution in [1.82, 2.24) is 15.0 Å². The number of hydrogen-bond acceptors (Lipinski definition) is 4. The van der Waals surface area contributed by atoms with Crippen LogP contribution in [0.3, 0.4) is 0 Å². The van der Waals surface area contributed by atoms with Gasteiger partial charge in [-0.15, -0.1) is 0 Å². The summed E-state index contributed by atoms with van der Waals surface area (Å²) in [6, 6.07) is 46.1. The molecule has 0 spiro atoms. The Hall–Kier alpha value is -5.40. The van der Waals surface area contributed by atoms with Crippen LogP contribution in [0.5, 0.6) is 0 Å². The molecule has 0 aliphatic heterocycles. The van der Waals surface area contributed by atoms with Gasteiger partial charge in [-0.05, 0) is 107 Å². The highest BCUT2D eigenvalue weighted by Gasteiger charge is 2.45. The lowest BCUT2D eigenvalue weighted by atomic mass is 9.54. The number of nitriles is 1. The van der Waals surface area contributed by atoms with Gasteiger partial charge in [0, 0.05) is 16.7 Å². The SMILES string of the molecule is C[C@@H]1C[C@@H]2C[C@H](C)CC(c3ccc(-c4nc(-c5ccccc5)nc(-c5ccc(-c6cccc(C#N)c6)cc5-c5ccccc5)n4)cc3)(C1)C2. The molecule has 0 saturated heterocycles. The largest absolute Gasteiger partial charge is 0.208 e. The van der Waals surface area contributed by atoms with Gasteiger partial charge in [-0.1, -0.05) is 117 Å². The minimum absolute atomic E-state index is 0.275. The van der Waals surface area contributed by atoms with Gasteiger partial charge in [0.2, 0.25) is 0 Å². The first-order valence-corrected chi connectivity index (χ1v) is 17.6. The van der Waals surface area contributed by atoms with E-state index in [1.165, 1.54) is 37.7 Å². The predicted octanol–water partition coefficient (Wildman–Crippen LogP) is 11.2. The smallest absolute Gasteiger partial charge is 0.164 e. The molecule has 2 fully saturated rings. The first-order valence-electron chi connectivity index (χ1n) is 17.6. The van der Waals surface area contributed by atoms with Crippen molar-refractivity contribution in [2.45, 2.75) is 51.4 Å². The zero-order valence-corrected chi connectivity index (χ0v) is 28.2. The summed E-state index contributed by atoms with van der Waals surface area (Å²) < 4.78 is 0. The molecule has 5 aromatic carbocycles. The van der Waals surface area contributed by atoms with Gasteiger partial charge in [-0.2, -0.15) is 5.26 Å². The zero-order valence-electron chi connectivity index (χ0n) is 28.2. The highest BCUT2D eigenvalue weighted by atomic mass is 15.0. The molecule has 2 bridgehead atoms. The van der Waals surface area contributed by atoms with Crippen molar-refractivity contribution in [2.75, 3.05) is 0 Å². The predicted molar refractivity (Wildman–Crippen MR) is 198 cm³/mol. The van der Waals surface area contributed by atoms with Gasteiger partial charge in [0.05, 0.1) is 11.6 Å². The maximum Gasteiger partial charge on any atom is 0.164 e. The highest BCUT2D eigenvalue weighted by Crippen LogP contribution is 2.54. The van der Waals surface area contributed by atoms with Crippen molar-refractivity contribution < 1.29 is 0 Å². The van der Waals surface area contributed by atoms with E-state index in [2.05, 4.69) is 98.8 Å². The molecule has 240 valence electrons. The molecule has 1 heterocycles. The molecule has 4 heteroatoms. The van der Waals surface area contributed by atoms with Crippen LogP contribution in [0.2, 0.25) is 0 Å². The number of fused-ring (bicyclic) bond motifs is 2. The summed E-state index contributed by atoms with van der Waals surface area (Å²) in [7, 11) is 0. The van der Waals surface area contributed by atoms with Crippen molar-refractivity contribution >= 4 is 0 Å². The topological polar surface area (TPSA) is 62.5 Å². The van der Waals surface area contributed by atoms with Crippen LogP contribution >= 0.6 is 0 Å². The standard InChI is InChI=1S/C45H40N4/c1-30-22-33-23-31(2)27-45(26-30,28-33)39-19-16-36(17-20-39)43-47-42(35-13-7-4-8-14-35)48-44(49-43)40-21-18-38(37-15-9-10-32(24-37)29-46)25-41(40)34-11-5-3-6-12-34/h3-21,24-25,30-31,33H,22-23,26-28H2,1-2H3/t30-,31+,33-,45?.